The highest BCUT2D eigenvalue weighted by Gasteiger charge is 2.74. The smallest absolute Gasteiger partial charge is 0.248 e. The van der Waals surface area contributed by atoms with Gasteiger partial charge in [-0.1, -0.05) is 61.0 Å². The number of nitrogens with one attached hydrogen (secondary N) is 2. The van der Waals surface area contributed by atoms with Crippen molar-refractivity contribution in [2.75, 3.05) is 18.5 Å². The minimum absolute atomic E-state index is 0.0159. The van der Waals surface area contributed by atoms with Crippen LogP contribution in [0.5, 0.6) is 0 Å². The van der Waals surface area contributed by atoms with Crippen LogP contribution in [-0.4, -0.2) is 56.9 Å². The molecule has 5 rings (SSSR count). The molecule has 1 spiro atoms. The number of aliphatic hydroxyl groups is 1. The first-order valence-corrected chi connectivity index (χ1v) is 13.7. The van der Waals surface area contributed by atoms with E-state index in [1.54, 1.807) is 40.9 Å². The monoisotopic (exact) mass is 527 g/mol. The summed E-state index contributed by atoms with van der Waals surface area (Å²) in [6.45, 7) is 2.19. The van der Waals surface area contributed by atoms with E-state index in [1.165, 1.54) is 0 Å². The molecule has 36 heavy (non-hydrogen) atoms. The van der Waals surface area contributed by atoms with E-state index in [4.69, 9.17) is 11.6 Å². The third kappa shape index (κ3) is 3.99. The van der Waals surface area contributed by atoms with Crippen molar-refractivity contribution in [2.45, 2.75) is 48.3 Å². The summed E-state index contributed by atoms with van der Waals surface area (Å²) >= 11 is 7.94. The summed E-state index contributed by atoms with van der Waals surface area (Å²) in [5.74, 6) is -1.85. The van der Waals surface area contributed by atoms with Crippen LogP contribution >= 0.6 is 23.4 Å². The Hall–Kier alpha value is -2.55. The van der Waals surface area contributed by atoms with Crippen LogP contribution in [0, 0.1) is 11.8 Å². The van der Waals surface area contributed by atoms with Gasteiger partial charge in [0.2, 0.25) is 17.7 Å². The molecule has 0 aliphatic carbocycles. The second kappa shape index (κ2) is 10.1. The van der Waals surface area contributed by atoms with Crippen molar-refractivity contribution in [1.82, 2.24) is 10.2 Å². The molecule has 3 saturated heterocycles. The van der Waals surface area contributed by atoms with Crippen LogP contribution in [0.4, 0.5) is 5.69 Å². The fourth-order valence-corrected chi connectivity index (χ4v) is 8.57. The number of halogens is 1. The molecule has 3 fully saturated rings. The average Bonchev–Trinajstić information content (AvgIpc) is 3.53. The zero-order valence-corrected chi connectivity index (χ0v) is 21.6. The number of hydrogen-bond acceptors (Lipinski definition) is 5. The second-order valence-electron chi connectivity index (χ2n) is 9.67. The number of anilines is 1. The fourth-order valence-electron chi connectivity index (χ4n) is 6.19. The summed E-state index contributed by atoms with van der Waals surface area (Å²) in [5, 5.41) is 16.8. The number of para-hydroxylation sites is 1. The number of nitrogens with zero attached hydrogens (tertiary/aromatic N) is 1. The Balaban J connectivity index is 1.57. The Morgan fingerprint density at radius 3 is 2.58 bits per heavy atom. The van der Waals surface area contributed by atoms with E-state index in [0.29, 0.717) is 23.7 Å². The molecule has 3 aliphatic heterocycles. The highest BCUT2D eigenvalue weighted by molar-refractivity contribution is 8.02. The van der Waals surface area contributed by atoms with Gasteiger partial charge in [-0.15, -0.1) is 11.8 Å². The number of amides is 3. The molecule has 190 valence electrons. The Morgan fingerprint density at radius 2 is 1.89 bits per heavy atom. The molecule has 2 aromatic rings. The molecule has 0 radical (unpaired) electrons. The van der Waals surface area contributed by atoms with E-state index < -0.39 is 28.7 Å². The van der Waals surface area contributed by atoms with Crippen LogP contribution in [-0.2, 0) is 14.4 Å². The summed E-state index contributed by atoms with van der Waals surface area (Å²) in [6, 6.07) is 14.7. The number of aliphatic hydroxyl groups excluding tert-OH is 1. The van der Waals surface area contributed by atoms with E-state index >= 15 is 0 Å². The van der Waals surface area contributed by atoms with E-state index in [-0.39, 0.29) is 29.6 Å². The van der Waals surface area contributed by atoms with Crippen molar-refractivity contribution >= 4 is 46.8 Å². The number of thioether (sulfide) groups is 1. The van der Waals surface area contributed by atoms with Crippen molar-refractivity contribution in [3.63, 3.8) is 0 Å². The van der Waals surface area contributed by atoms with E-state index in [0.717, 1.165) is 18.4 Å². The molecular formula is C27H30ClN3O4S. The third-order valence-corrected chi connectivity index (χ3v) is 9.94. The molecule has 7 nitrogen and oxygen atoms in total. The van der Waals surface area contributed by atoms with Gasteiger partial charge in [0.05, 0.1) is 39.9 Å². The Labute approximate surface area is 220 Å². The summed E-state index contributed by atoms with van der Waals surface area (Å²) in [7, 11) is 0. The number of hydrogen-bond donors (Lipinski definition) is 3. The lowest BCUT2D eigenvalue weighted by atomic mass is 9.70. The average molecular weight is 528 g/mol. The molecule has 2 unspecified atom stereocenters. The van der Waals surface area contributed by atoms with Crippen LogP contribution in [0.1, 0.15) is 37.8 Å². The molecule has 0 saturated carbocycles. The van der Waals surface area contributed by atoms with Gasteiger partial charge in [0.15, 0.2) is 0 Å². The number of benzene rings is 2. The highest BCUT2D eigenvalue weighted by atomic mass is 35.5. The van der Waals surface area contributed by atoms with E-state index in [2.05, 4.69) is 10.6 Å². The SMILES string of the molecule is CCCNC(=O)[C@@H]1[C@@H]2CCC3(S2)C(C(=O)Nc2ccccc2Cl)N([C@H](CO)c2ccccc2)C(=O)[C@H]13. The number of carbonyl (C=O) groups excluding carboxylic acids is 3. The summed E-state index contributed by atoms with van der Waals surface area (Å²) in [6.07, 6.45) is 2.22. The molecule has 9 heteroatoms. The predicted octanol–water partition coefficient (Wildman–Crippen LogP) is 3.63. The van der Waals surface area contributed by atoms with Crippen LogP contribution in [0.25, 0.3) is 0 Å². The minimum atomic E-state index is -0.859. The molecule has 2 aromatic carbocycles. The first kappa shape index (κ1) is 25.1. The molecule has 3 aliphatic rings. The predicted molar refractivity (Wildman–Crippen MR) is 141 cm³/mol. The topological polar surface area (TPSA) is 98.7 Å². The summed E-state index contributed by atoms with van der Waals surface area (Å²) in [5.41, 5.74) is 1.21. The molecule has 0 aromatic heterocycles. The van der Waals surface area contributed by atoms with Crippen molar-refractivity contribution in [3.8, 4) is 0 Å². The number of fused-ring (bicyclic) bond motifs is 1. The maximum Gasteiger partial charge on any atom is 0.248 e. The lowest BCUT2D eigenvalue weighted by Crippen LogP contribution is -2.52. The molecule has 6 atom stereocenters. The van der Waals surface area contributed by atoms with Crippen LogP contribution in [0.3, 0.4) is 0 Å². The van der Waals surface area contributed by atoms with Gasteiger partial charge in [-0.05, 0) is 37.0 Å². The maximum absolute atomic E-state index is 14.2. The van der Waals surface area contributed by atoms with Crippen molar-refractivity contribution in [2.24, 2.45) is 11.8 Å². The fraction of sp³-hybridized carbons (Fsp3) is 0.444. The van der Waals surface area contributed by atoms with Crippen LogP contribution in [0.15, 0.2) is 54.6 Å². The standard InChI is InChI=1S/C27H30ClN3O4S/c1-2-14-29-24(33)21-20-12-13-27(36-20)22(21)26(35)31(19(15-32)16-8-4-3-5-9-16)23(27)25(34)30-18-11-7-6-10-17(18)28/h3-11,19-23,32H,2,12-15H2,1H3,(H,29,33)(H,30,34)/t19-,20+,21-,22+,23?,27?/m1/s1. The first-order chi connectivity index (χ1) is 17.4. The quantitative estimate of drug-likeness (QED) is 0.487. The summed E-state index contributed by atoms with van der Waals surface area (Å²) in [4.78, 5) is 43.0. The Kier molecular flexibility index (Phi) is 7.03. The van der Waals surface area contributed by atoms with E-state index in [1.807, 2.05) is 37.3 Å². The molecular weight excluding hydrogens is 498 g/mol. The lowest BCUT2D eigenvalue weighted by Gasteiger charge is -2.37. The Morgan fingerprint density at radius 1 is 1.17 bits per heavy atom. The number of rotatable bonds is 8. The minimum Gasteiger partial charge on any atom is -0.394 e. The molecule has 2 bridgehead atoms. The van der Waals surface area contributed by atoms with Crippen molar-refractivity contribution < 1.29 is 19.5 Å². The van der Waals surface area contributed by atoms with Gasteiger partial charge in [-0.3, -0.25) is 14.4 Å². The normalized spacial score (nSPS) is 29.2. The van der Waals surface area contributed by atoms with Gasteiger partial charge < -0.3 is 20.6 Å². The highest BCUT2D eigenvalue weighted by Crippen LogP contribution is 2.67. The Bertz CT molecular complexity index is 1160. The number of carbonyl (C=O) groups is 3. The maximum atomic E-state index is 14.2. The number of likely N-dealkylation sites (tertiary alicyclic amines) is 1. The second-order valence-corrected chi connectivity index (χ2v) is 11.7. The van der Waals surface area contributed by atoms with Crippen molar-refractivity contribution in [1.29, 1.82) is 0 Å². The van der Waals surface area contributed by atoms with Crippen LogP contribution < -0.4 is 10.6 Å². The van der Waals surface area contributed by atoms with Gasteiger partial charge in [0.25, 0.3) is 0 Å². The van der Waals surface area contributed by atoms with Crippen molar-refractivity contribution in [3.05, 3.63) is 65.2 Å². The molecule has 3 amide bonds. The van der Waals surface area contributed by atoms with Crippen LogP contribution in [0.2, 0.25) is 5.02 Å². The first-order valence-electron chi connectivity index (χ1n) is 12.4. The van der Waals surface area contributed by atoms with E-state index in [9.17, 15) is 19.5 Å². The molecule has 3 heterocycles. The largest absolute Gasteiger partial charge is 0.394 e. The van der Waals surface area contributed by atoms with Gasteiger partial charge in [0.1, 0.15) is 6.04 Å². The van der Waals surface area contributed by atoms with Gasteiger partial charge in [0, 0.05) is 11.8 Å². The summed E-state index contributed by atoms with van der Waals surface area (Å²) < 4.78 is -0.747. The molecule has 3 N–H and O–H groups in total. The third-order valence-electron chi connectivity index (χ3n) is 7.66. The van der Waals surface area contributed by atoms with Gasteiger partial charge in [-0.2, -0.15) is 0 Å². The lowest BCUT2D eigenvalue weighted by molar-refractivity contribution is -0.142. The zero-order valence-electron chi connectivity index (χ0n) is 20.0. The van der Waals surface area contributed by atoms with Gasteiger partial charge >= 0.3 is 0 Å². The zero-order chi connectivity index (χ0) is 25.4. The van der Waals surface area contributed by atoms with Gasteiger partial charge in [-0.25, -0.2) is 0 Å².